The van der Waals surface area contributed by atoms with Crippen LogP contribution in [-0.2, 0) is 18.4 Å². The molecule has 1 amide bonds. The first-order chi connectivity index (χ1) is 32.0. The number of nitrogens with zero attached hydrogens (tertiary/aromatic N) is 1. The predicted octanol–water partition coefficient (Wildman–Crippen LogP) is 16.6. The molecule has 0 aliphatic heterocycles. The zero-order valence-electron chi connectivity index (χ0n) is 44.7. The van der Waals surface area contributed by atoms with Gasteiger partial charge in [0.15, 0.2) is 0 Å². The number of carbonyl (C=O) groups excluding carboxylic acids is 1. The summed E-state index contributed by atoms with van der Waals surface area (Å²) in [6.07, 6.45) is 61.0. The highest BCUT2D eigenvalue weighted by Gasteiger charge is 2.23. The SMILES string of the molecule is CCCCCCCCCCCCC/C=C\CCCCCCCCCC(=O)NC(COP(=O)([O-])OCC[N+](C)(C)C)C(O)/C=C/CCCCCCCCCCCCCCCCCCCCCC. The van der Waals surface area contributed by atoms with Crippen LogP contribution in [0.15, 0.2) is 24.3 Å². The Bertz CT molecular complexity index is 1130. The van der Waals surface area contributed by atoms with Gasteiger partial charge in [0.1, 0.15) is 13.2 Å². The molecule has 392 valence electrons. The molecule has 0 rings (SSSR count). The Hall–Kier alpha value is -1.02. The Morgan fingerprint density at radius 1 is 0.515 bits per heavy atom. The number of phosphoric ester groups is 1. The number of quaternary nitrogens is 1. The maximum Gasteiger partial charge on any atom is 0.268 e. The molecule has 0 bridgehead atoms. The van der Waals surface area contributed by atoms with E-state index in [4.69, 9.17) is 9.05 Å². The Morgan fingerprint density at radius 2 is 0.833 bits per heavy atom. The molecule has 0 aromatic heterocycles. The van der Waals surface area contributed by atoms with Gasteiger partial charge in [-0.2, -0.15) is 0 Å². The van der Waals surface area contributed by atoms with Gasteiger partial charge in [0.05, 0.1) is 39.9 Å². The van der Waals surface area contributed by atoms with E-state index in [0.717, 1.165) is 38.5 Å². The topological polar surface area (TPSA) is 108 Å². The number of nitrogens with one attached hydrogen (secondary N) is 1. The van der Waals surface area contributed by atoms with E-state index < -0.39 is 20.0 Å². The third-order valence-corrected chi connectivity index (χ3v) is 14.1. The van der Waals surface area contributed by atoms with Gasteiger partial charge in [-0.15, -0.1) is 0 Å². The molecule has 3 unspecified atom stereocenters. The average molecular weight is 954 g/mol. The van der Waals surface area contributed by atoms with E-state index in [1.54, 1.807) is 6.08 Å². The fourth-order valence-corrected chi connectivity index (χ4v) is 9.34. The zero-order valence-corrected chi connectivity index (χ0v) is 45.6. The van der Waals surface area contributed by atoms with Gasteiger partial charge in [-0.25, -0.2) is 0 Å². The number of aliphatic hydroxyl groups is 1. The number of amides is 1. The molecule has 0 saturated carbocycles. The van der Waals surface area contributed by atoms with Crippen molar-refractivity contribution < 1.29 is 32.9 Å². The molecule has 0 spiro atoms. The van der Waals surface area contributed by atoms with Gasteiger partial charge in [-0.3, -0.25) is 9.36 Å². The molecule has 0 saturated heterocycles. The number of allylic oxidation sites excluding steroid dienone is 3. The lowest BCUT2D eigenvalue weighted by Crippen LogP contribution is -2.45. The van der Waals surface area contributed by atoms with E-state index in [2.05, 4.69) is 31.3 Å². The van der Waals surface area contributed by atoms with Crippen LogP contribution in [0.1, 0.15) is 284 Å². The minimum absolute atomic E-state index is 0.000207. The highest BCUT2D eigenvalue weighted by Crippen LogP contribution is 2.38. The van der Waals surface area contributed by atoms with E-state index in [9.17, 15) is 19.4 Å². The number of hydrogen-bond acceptors (Lipinski definition) is 6. The summed E-state index contributed by atoms with van der Waals surface area (Å²) in [5, 5.41) is 13.9. The van der Waals surface area contributed by atoms with Crippen LogP contribution < -0.4 is 10.2 Å². The van der Waals surface area contributed by atoms with Crippen molar-refractivity contribution in [2.24, 2.45) is 0 Å². The first-order valence-corrected chi connectivity index (χ1v) is 30.2. The summed E-state index contributed by atoms with van der Waals surface area (Å²) >= 11 is 0. The summed E-state index contributed by atoms with van der Waals surface area (Å²) < 4.78 is 23.4. The minimum atomic E-state index is -4.60. The van der Waals surface area contributed by atoms with Crippen LogP contribution in [0.3, 0.4) is 0 Å². The van der Waals surface area contributed by atoms with Crippen LogP contribution >= 0.6 is 7.82 Å². The fourth-order valence-electron chi connectivity index (χ4n) is 8.62. The quantitative estimate of drug-likeness (QED) is 0.0272. The number of hydrogen-bond donors (Lipinski definition) is 2. The molecule has 66 heavy (non-hydrogen) atoms. The van der Waals surface area contributed by atoms with Crippen LogP contribution in [0.5, 0.6) is 0 Å². The lowest BCUT2D eigenvalue weighted by atomic mass is 10.0. The van der Waals surface area contributed by atoms with Crippen LogP contribution in [0.25, 0.3) is 0 Å². The van der Waals surface area contributed by atoms with Crippen molar-refractivity contribution in [3.05, 3.63) is 24.3 Å². The first-order valence-electron chi connectivity index (χ1n) is 28.7. The number of likely N-dealkylation sites (N-methyl/N-ethyl adjacent to an activating group) is 1. The summed E-state index contributed by atoms with van der Waals surface area (Å²) in [6.45, 7) is 4.69. The maximum absolute atomic E-state index is 13.0. The lowest BCUT2D eigenvalue weighted by Gasteiger charge is -2.29. The highest BCUT2D eigenvalue weighted by molar-refractivity contribution is 7.45. The van der Waals surface area contributed by atoms with Crippen molar-refractivity contribution in [3.63, 3.8) is 0 Å². The van der Waals surface area contributed by atoms with E-state index in [-0.39, 0.29) is 19.1 Å². The van der Waals surface area contributed by atoms with E-state index >= 15 is 0 Å². The molecule has 0 aliphatic carbocycles. The van der Waals surface area contributed by atoms with Gasteiger partial charge in [-0.05, 0) is 44.9 Å². The third-order valence-electron chi connectivity index (χ3n) is 13.2. The lowest BCUT2D eigenvalue weighted by molar-refractivity contribution is -0.870. The molecule has 0 aromatic rings. The second-order valence-electron chi connectivity index (χ2n) is 21.0. The summed E-state index contributed by atoms with van der Waals surface area (Å²) in [6, 6.07) is -0.887. The Balaban J connectivity index is 4.22. The number of phosphoric acid groups is 1. The van der Waals surface area contributed by atoms with Crippen molar-refractivity contribution in [3.8, 4) is 0 Å². The van der Waals surface area contributed by atoms with Gasteiger partial charge in [0.2, 0.25) is 5.91 Å². The molecule has 0 aliphatic rings. The molecule has 2 N–H and O–H groups in total. The number of aliphatic hydroxyl groups excluding tert-OH is 1. The van der Waals surface area contributed by atoms with Gasteiger partial charge in [0, 0.05) is 6.42 Å². The van der Waals surface area contributed by atoms with Crippen molar-refractivity contribution >= 4 is 13.7 Å². The van der Waals surface area contributed by atoms with E-state index in [1.807, 2.05) is 27.2 Å². The third kappa shape index (κ3) is 50.8. The Labute approximate surface area is 411 Å². The standard InChI is InChI=1S/C57H113N2O6P/c1-6-8-10-12-14-16-18-20-22-24-26-28-30-32-34-36-38-40-42-44-46-48-50-56(60)55(54-65-66(62,63)64-53-52-59(3,4)5)58-57(61)51-49-47-45-43-41-39-37-35-33-31-29-27-25-23-21-19-17-15-13-11-9-7-2/h31,33,48,50,55-56,60H,6-30,32,34-47,49,51-54H2,1-5H3,(H-,58,61,62,63)/b33-31-,50-48+. The molecule has 9 heteroatoms. The molecule has 8 nitrogen and oxygen atoms in total. The number of rotatable bonds is 53. The molecule has 0 heterocycles. The van der Waals surface area contributed by atoms with E-state index in [1.165, 1.54) is 225 Å². The predicted molar refractivity (Wildman–Crippen MR) is 284 cm³/mol. The average Bonchev–Trinajstić information content (AvgIpc) is 3.28. The molecule has 0 fully saturated rings. The van der Waals surface area contributed by atoms with Crippen molar-refractivity contribution in [1.82, 2.24) is 5.32 Å². The number of carbonyl (C=O) groups is 1. The second-order valence-corrected chi connectivity index (χ2v) is 22.4. The molecular formula is C57H113N2O6P. The maximum atomic E-state index is 13.0. The summed E-state index contributed by atoms with van der Waals surface area (Å²) in [5.41, 5.74) is 0. The normalized spacial score (nSPS) is 14.1. The van der Waals surface area contributed by atoms with Crippen LogP contribution in [0, 0.1) is 0 Å². The van der Waals surface area contributed by atoms with Crippen LogP contribution in [0.4, 0.5) is 0 Å². The van der Waals surface area contributed by atoms with Gasteiger partial charge in [0.25, 0.3) is 7.82 Å². The fraction of sp³-hybridized carbons (Fsp3) is 0.912. The van der Waals surface area contributed by atoms with Crippen molar-refractivity contribution in [1.29, 1.82) is 0 Å². The smallest absolute Gasteiger partial charge is 0.268 e. The van der Waals surface area contributed by atoms with Crippen LogP contribution in [0.2, 0.25) is 0 Å². The molecule has 3 atom stereocenters. The van der Waals surface area contributed by atoms with Gasteiger partial charge < -0.3 is 28.8 Å². The molecule has 0 aromatic carbocycles. The summed E-state index contributed by atoms with van der Waals surface area (Å²) in [5.74, 6) is -0.197. The minimum Gasteiger partial charge on any atom is -0.756 e. The van der Waals surface area contributed by atoms with Crippen molar-refractivity contribution in [2.75, 3.05) is 40.9 Å². The highest BCUT2D eigenvalue weighted by atomic mass is 31.2. The molecular weight excluding hydrogens is 840 g/mol. The second kappa shape index (κ2) is 49.0. The van der Waals surface area contributed by atoms with Crippen molar-refractivity contribution in [2.45, 2.75) is 296 Å². The van der Waals surface area contributed by atoms with Gasteiger partial charge >= 0.3 is 0 Å². The zero-order chi connectivity index (χ0) is 48.5. The largest absolute Gasteiger partial charge is 0.756 e. The monoisotopic (exact) mass is 953 g/mol. The van der Waals surface area contributed by atoms with Crippen LogP contribution in [-0.4, -0.2) is 68.5 Å². The van der Waals surface area contributed by atoms with Gasteiger partial charge in [-0.1, -0.05) is 256 Å². The summed E-state index contributed by atoms with van der Waals surface area (Å²) in [4.78, 5) is 25.5. The Morgan fingerprint density at radius 3 is 1.18 bits per heavy atom. The first kappa shape index (κ1) is 65.0. The van der Waals surface area contributed by atoms with E-state index in [0.29, 0.717) is 17.4 Å². The molecule has 0 radical (unpaired) electrons. The number of unbranched alkanes of at least 4 members (excludes halogenated alkanes) is 38. The Kier molecular flexibility index (Phi) is 48.2. The summed E-state index contributed by atoms with van der Waals surface area (Å²) in [7, 11) is 1.27.